The fourth-order valence-corrected chi connectivity index (χ4v) is 3.60. The molecule has 0 aliphatic carbocycles. The maximum Gasteiger partial charge on any atom is 0.420 e. The van der Waals surface area contributed by atoms with Gasteiger partial charge in [-0.3, -0.25) is 19.6 Å². The number of nitrogens with zero attached hydrogens (tertiary/aromatic N) is 5. The van der Waals surface area contributed by atoms with E-state index in [9.17, 15) is 32.8 Å². The highest BCUT2D eigenvalue weighted by atomic mass is 19.4. The average Bonchev–Trinajstić information content (AvgIpc) is 2.81. The van der Waals surface area contributed by atoms with Crippen molar-refractivity contribution in [3.63, 3.8) is 0 Å². The standard InChI is InChI=1S/C20H29F3N6O4/c1-2-3-5-8-14(12-28(33)13-30)17(31)29(24)19-25-11-15(20(21,22)23)16(26-19)18(32)27-9-6-4-7-10-27/h11,13-14,33H,2-10,12,24H2,1H3/t14-/m1/s1. The lowest BCUT2D eigenvalue weighted by Crippen LogP contribution is -2.46. The first-order valence-corrected chi connectivity index (χ1v) is 10.8. The van der Waals surface area contributed by atoms with E-state index in [1.54, 1.807) is 0 Å². The molecule has 1 fully saturated rings. The number of piperidine rings is 1. The molecule has 3 N–H and O–H groups in total. The minimum atomic E-state index is -4.88. The number of rotatable bonds is 10. The number of hydroxylamine groups is 2. The number of carbonyl (C=O) groups excluding carboxylic acids is 3. The summed E-state index contributed by atoms with van der Waals surface area (Å²) in [5, 5.41) is 10.3. The molecule has 1 aliphatic rings. The fraction of sp³-hybridized carbons (Fsp3) is 0.650. The summed E-state index contributed by atoms with van der Waals surface area (Å²) in [4.78, 5) is 45.1. The van der Waals surface area contributed by atoms with E-state index in [0.717, 1.165) is 19.3 Å². The number of unbranched alkanes of at least 4 members (excludes halogenated alkanes) is 2. The van der Waals surface area contributed by atoms with Crippen LogP contribution < -0.4 is 10.9 Å². The molecule has 0 radical (unpaired) electrons. The highest BCUT2D eigenvalue weighted by molar-refractivity contribution is 5.96. The van der Waals surface area contributed by atoms with Crippen molar-refractivity contribution in [2.45, 2.75) is 58.0 Å². The Balaban J connectivity index is 2.35. The molecule has 1 aromatic heterocycles. The predicted molar refractivity (Wildman–Crippen MR) is 111 cm³/mol. The normalized spacial score (nSPS) is 15.2. The second-order valence-electron chi connectivity index (χ2n) is 7.91. The van der Waals surface area contributed by atoms with Crippen molar-refractivity contribution in [1.29, 1.82) is 0 Å². The van der Waals surface area contributed by atoms with E-state index in [0.29, 0.717) is 48.6 Å². The van der Waals surface area contributed by atoms with Crippen LogP contribution in [-0.4, -0.2) is 63.0 Å². The Morgan fingerprint density at radius 2 is 1.94 bits per heavy atom. The van der Waals surface area contributed by atoms with Gasteiger partial charge in [0.1, 0.15) is 11.3 Å². The molecular weight excluding hydrogens is 445 g/mol. The van der Waals surface area contributed by atoms with Crippen molar-refractivity contribution in [2.24, 2.45) is 11.8 Å². The number of hydrazine groups is 1. The monoisotopic (exact) mass is 474 g/mol. The number of hydrogen-bond donors (Lipinski definition) is 2. The first kappa shape index (κ1) is 26.5. The third-order valence-corrected chi connectivity index (χ3v) is 5.41. The van der Waals surface area contributed by atoms with Gasteiger partial charge in [-0.2, -0.15) is 13.2 Å². The number of nitrogens with two attached hydrogens (primary N) is 1. The van der Waals surface area contributed by atoms with Crippen molar-refractivity contribution in [1.82, 2.24) is 19.9 Å². The Bertz CT molecular complexity index is 833. The second kappa shape index (κ2) is 11.9. The van der Waals surface area contributed by atoms with Gasteiger partial charge in [0, 0.05) is 19.3 Å². The van der Waals surface area contributed by atoms with Crippen molar-refractivity contribution < 1.29 is 32.8 Å². The van der Waals surface area contributed by atoms with Crippen LogP contribution in [0.2, 0.25) is 0 Å². The predicted octanol–water partition coefficient (Wildman–Crippen LogP) is 2.37. The van der Waals surface area contributed by atoms with E-state index in [1.807, 2.05) is 6.92 Å². The zero-order valence-electron chi connectivity index (χ0n) is 18.4. The summed E-state index contributed by atoms with van der Waals surface area (Å²) < 4.78 is 40.6. The van der Waals surface area contributed by atoms with Gasteiger partial charge in [-0.25, -0.2) is 25.9 Å². The van der Waals surface area contributed by atoms with Crippen LogP contribution in [0.25, 0.3) is 0 Å². The molecule has 33 heavy (non-hydrogen) atoms. The van der Waals surface area contributed by atoms with Crippen LogP contribution >= 0.6 is 0 Å². The Labute approximate surface area is 189 Å². The van der Waals surface area contributed by atoms with Gasteiger partial charge in [0.2, 0.25) is 18.3 Å². The molecule has 1 saturated heterocycles. The van der Waals surface area contributed by atoms with Gasteiger partial charge in [0.05, 0.1) is 12.5 Å². The number of amides is 3. The highest BCUT2D eigenvalue weighted by Crippen LogP contribution is 2.32. The first-order chi connectivity index (χ1) is 15.6. The van der Waals surface area contributed by atoms with E-state index in [1.165, 1.54) is 4.90 Å². The number of likely N-dealkylation sites (tertiary alicyclic amines) is 1. The molecule has 0 unspecified atom stereocenters. The molecule has 3 amide bonds. The lowest BCUT2D eigenvalue weighted by molar-refractivity contribution is -0.154. The lowest BCUT2D eigenvalue weighted by Gasteiger charge is -2.28. The van der Waals surface area contributed by atoms with Crippen LogP contribution in [0.15, 0.2) is 6.20 Å². The molecule has 0 spiro atoms. The number of halogens is 3. The quantitative estimate of drug-likeness (QED) is 0.133. The molecule has 1 aromatic rings. The summed E-state index contributed by atoms with van der Waals surface area (Å²) in [7, 11) is 0. The molecule has 1 atom stereocenters. The summed E-state index contributed by atoms with van der Waals surface area (Å²) in [6.07, 6.45) is 0.393. The minimum Gasteiger partial charge on any atom is -0.337 e. The van der Waals surface area contributed by atoms with Crippen LogP contribution in [0.3, 0.4) is 0 Å². The lowest BCUT2D eigenvalue weighted by atomic mass is 10.00. The van der Waals surface area contributed by atoms with Gasteiger partial charge in [0.25, 0.3) is 5.91 Å². The Morgan fingerprint density at radius 3 is 2.52 bits per heavy atom. The van der Waals surface area contributed by atoms with E-state index in [-0.39, 0.29) is 19.4 Å². The Kier molecular flexibility index (Phi) is 9.53. The van der Waals surface area contributed by atoms with Crippen LogP contribution in [-0.2, 0) is 15.8 Å². The van der Waals surface area contributed by atoms with E-state index in [2.05, 4.69) is 9.97 Å². The maximum atomic E-state index is 13.5. The van der Waals surface area contributed by atoms with Crippen LogP contribution in [0.4, 0.5) is 19.1 Å². The van der Waals surface area contributed by atoms with E-state index < -0.39 is 41.1 Å². The third-order valence-electron chi connectivity index (χ3n) is 5.41. The Morgan fingerprint density at radius 1 is 1.27 bits per heavy atom. The molecule has 2 rings (SSSR count). The van der Waals surface area contributed by atoms with Crippen molar-refractivity contribution in [3.8, 4) is 0 Å². The second-order valence-corrected chi connectivity index (χ2v) is 7.91. The summed E-state index contributed by atoms with van der Waals surface area (Å²) in [5.41, 5.74) is -2.19. The summed E-state index contributed by atoms with van der Waals surface area (Å²) >= 11 is 0. The van der Waals surface area contributed by atoms with E-state index >= 15 is 0 Å². The van der Waals surface area contributed by atoms with Crippen molar-refractivity contribution in [2.75, 3.05) is 24.6 Å². The van der Waals surface area contributed by atoms with Gasteiger partial charge >= 0.3 is 6.18 Å². The molecule has 2 heterocycles. The SMILES string of the molecule is CCCCC[C@H](CN(O)C=O)C(=O)N(N)c1ncc(C(F)(F)F)c(C(=O)N2CCCCC2)n1. The maximum absolute atomic E-state index is 13.5. The van der Waals surface area contributed by atoms with E-state index in [4.69, 9.17) is 5.84 Å². The fourth-order valence-electron chi connectivity index (χ4n) is 3.60. The molecule has 13 heteroatoms. The molecule has 0 saturated carbocycles. The molecule has 184 valence electrons. The molecule has 0 aromatic carbocycles. The zero-order chi connectivity index (χ0) is 24.6. The number of aromatic nitrogens is 2. The van der Waals surface area contributed by atoms with Gasteiger partial charge in [-0.05, 0) is 25.7 Å². The average molecular weight is 474 g/mol. The van der Waals surface area contributed by atoms with Gasteiger partial charge in [0.15, 0.2) is 0 Å². The van der Waals surface area contributed by atoms with Gasteiger partial charge in [-0.15, -0.1) is 0 Å². The number of hydrogen-bond acceptors (Lipinski definition) is 7. The number of anilines is 1. The Hall–Kier alpha value is -2.80. The van der Waals surface area contributed by atoms with Crippen LogP contribution in [0, 0.1) is 5.92 Å². The number of alkyl halides is 3. The first-order valence-electron chi connectivity index (χ1n) is 10.8. The van der Waals surface area contributed by atoms with Crippen LogP contribution in [0.1, 0.15) is 67.9 Å². The molecule has 0 bridgehead atoms. The summed E-state index contributed by atoms with van der Waals surface area (Å²) in [6.45, 7) is 2.20. The third kappa shape index (κ3) is 7.09. The van der Waals surface area contributed by atoms with Gasteiger partial charge < -0.3 is 4.90 Å². The van der Waals surface area contributed by atoms with Crippen molar-refractivity contribution in [3.05, 3.63) is 17.5 Å². The smallest absolute Gasteiger partial charge is 0.337 e. The molecular formula is C20H29F3N6O4. The summed E-state index contributed by atoms with van der Waals surface area (Å²) in [5.74, 6) is 2.60. The highest BCUT2D eigenvalue weighted by Gasteiger charge is 2.39. The summed E-state index contributed by atoms with van der Waals surface area (Å²) in [6, 6.07) is 0. The van der Waals surface area contributed by atoms with Crippen LogP contribution in [0.5, 0.6) is 0 Å². The largest absolute Gasteiger partial charge is 0.420 e. The minimum absolute atomic E-state index is 0.130. The number of carbonyl (C=O) groups is 3. The zero-order valence-corrected chi connectivity index (χ0v) is 18.4. The molecule has 1 aliphatic heterocycles. The molecule has 10 nitrogen and oxygen atoms in total. The van der Waals surface area contributed by atoms with Gasteiger partial charge in [-0.1, -0.05) is 26.2 Å². The van der Waals surface area contributed by atoms with Crippen molar-refractivity contribution >= 4 is 24.2 Å². The topological polar surface area (TPSA) is 133 Å².